The van der Waals surface area contributed by atoms with Crippen molar-refractivity contribution in [2.75, 3.05) is 19.6 Å². The van der Waals surface area contributed by atoms with Gasteiger partial charge in [-0.15, -0.1) is 0 Å². The molecular weight excluding hydrogens is 378 g/mol. The van der Waals surface area contributed by atoms with Gasteiger partial charge >= 0.3 is 0 Å². The van der Waals surface area contributed by atoms with Crippen molar-refractivity contribution in [3.05, 3.63) is 53.1 Å². The smallest absolute Gasteiger partial charge is 0.256 e. The van der Waals surface area contributed by atoms with Gasteiger partial charge < -0.3 is 14.8 Å². The van der Waals surface area contributed by atoms with Crippen LogP contribution in [0, 0.1) is 17.6 Å². The fourth-order valence-corrected chi connectivity index (χ4v) is 4.77. The average molecular weight is 400 g/mol. The Labute approximate surface area is 166 Å². The molecule has 152 valence electrons. The first-order valence-electron chi connectivity index (χ1n) is 10.1. The van der Waals surface area contributed by atoms with E-state index in [0.717, 1.165) is 42.8 Å². The molecule has 0 unspecified atom stereocenters. The summed E-state index contributed by atoms with van der Waals surface area (Å²) in [5.41, 5.74) is 1.30. The second kappa shape index (κ2) is 6.64. The Hall–Kier alpha value is -2.77. The molecule has 1 N–H and O–H groups in total. The molecule has 0 radical (unpaired) electrons. The number of carbonyl (C=O) groups is 2. The average Bonchev–Trinajstić information content (AvgIpc) is 3.45. The number of carbonyl (C=O) groups excluding carboxylic acids is 2. The topological polar surface area (TPSA) is 69.3 Å². The summed E-state index contributed by atoms with van der Waals surface area (Å²) in [5, 5.41) is 0. The van der Waals surface area contributed by atoms with E-state index in [-0.39, 0.29) is 17.4 Å². The van der Waals surface area contributed by atoms with Gasteiger partial charge in [0.05, 0.1) is 23.1 Å². The first-order valence-corrected chi connectivity index (χ1v) is 10.1. The fourth-order valence-electron chi connectivity index (χ4n) is 4.77. The molecule has 8 heteroatoms. The van der Waals surface area contributed by atoms with Gasteiger partial charge in [-0.25, -0.2) is 13.8 Å². The number of hydrogen-bond donors (Lipinski definition) is 1. The van der Waals surface area contributed by atoms with Crippen LogP contribution < -0.4 is 0 Å². The number of imidazole rings is 1. The second-order valence-corrected chi connectivity index (χ2v) is 8.19. The highest BCUT2D eigenvalue weighted by Gasteiger charge is 2.51. The van der Waals surface area contributed by atoms with Crippen molar-refractivity contribution in [2.24, 2.45) is 5.92 Å². The van der Waals surface area contributed by atoms with E-state index in [4.69, 9.17) is 0 Å². The van der Waals surface area contributed by atoms with Crippen LogP contribution in [0.2, 0.25) is 0 Å². The minimum atomic E-state index is -0.854. The number of nitrogens with one attached hydrogen (secondary N) is 1. The summed E-state index contributed by atoms with van der Waals surface area (Å²) in [6.45, 7) is 1.41. The number of benzene rings is 1. The van der Waals surface area contributed by atoms with E-state index in [1.807, 2.05) is 4.90 Å². The zero-order chi connectivity index (χ0) is 20.2. The van der Waals surface area contributed by atoms with Crippen molar-refractivity contribution in [3.8, 4) is 0 Å². The number of hydrogen-bond acceptors (Lipinski definition) is 3. The number of aromatic nitrogens is 2. The number of piperidine rings is 1. The lowest BCUT2D eigenvalue weighted by Crippen LogP contribution is -2.59. The monoisotopic (exact) mass is 400 g/mol. The molecule has 2 aromatic rings. The summed E-state index contributed by atoms with van der Waals surface area (Å²) in [7, 11) is 0. The van der Waals surface area contributed by atoms with Gasteiger partial charge in [-0.05, 0) is 37.8 Å². The maximum Gasteiger partial charge on any atom is 0.256 e. The lowest BCUT2D eigenvalue weighted by Gasteiger charge is -2.50. The molecule has 1 aliphatic carbocycles. The molecule has 5 rings (SSSR count). The van der Waals surface area contributed by atoms with E-state index in [1.165, 1.54) is 6.07 Å². The fraction of sp³-hybridized carbons (Fsp3) is 0.476. The van der Waals surface area contributed by atoms with Crippen molar-refractivity contribution in [2.45, 2.75) is 37.6 Å². The van der Waals surface area contributed by atoms with Crippen LogP contribution in [0.25, 0.3) is 0 Å². The van der Waals surface area contributed by atoms with Gasteiger partial charge in [-0.2, -0.15) is 0 Å². The molecule has 2 fully saturated rings. The van der Waals surface area contributed by atoms with E-state index in [9.17, 15) is 18.4 Å². The van der Waals surface area contributed by atoms with Crippen LogP contribution in [0.4, 0.5) is 8.78 Å². The quantitative estimate of drug-likeness (QED) is 0.843. The molecule has 0 bridgehead atoms. The highest BCUT2D eigenvalue weighted by atomic mass is 19.1. The van der Waals surface area contributed by atoms with Crippen LogP contribution in [0.3, 0.4) is 0 Å². The summed E-state index contributed by atoms with van der Waals surface area (Å²) >= 11 is 0. The summed E-state index contributed by atoms with van der Waals surface area (Å²) in [5.74, 6) is -1.72. The second-order valence-electron chi connectivity index (χ2n) is 8.19. The molecule has 2 aliphatic heterocycles. The summed E-state index contributed by atoms with van der Waals surface area (Å²) in [4.78, 5) is 37.1. The lowest BCUT2D eigenvalue weighted by atomic mass is 9.78. The maximum atomic E-state index is 14.1. The Balaban J connectivity index is 1.41. The van der Waals surface area contributed by atoms with Crippen molar-refractivity contribution in [1.29, 1.82) is 0 Å². The number of fused-ring (bicyclic) bond motifs is 2. The standard InChI is InChI=1S/C21H22F2N4O2/c22-14-3-4-15(16(23)11-14)20(29)26-9-6-21(7-10-26)18-17(24-12-25-18)5-8-27(21)19(28)13-1-2-13/h3-4,11-13H,1-2,5-10H2,(H,24,25). The largest absolute Gasteiger partial charge is 0.348 e. The third-order valence-corrected chi connectivity index (χ3v) is 6.49. The molecule has 3 heterocycles. The van der Waals surface area contributed by atoms with E-state index in [0.29, 0.717) is 32.5 Å². The molecule has 2 amide bonds. The molecule has 1 saturated carbocycles. The van der Waals surface area contributed by atoms with Gasteiger partial charge in [-0.1, -0.05) is 0 Å². The Morgan fingerprint density at radius 2 is 1.90 bits per heavy atom. The highest BCUT2D eigenvalue weighted by molar-refractivity contribution is 5.94. The predicted octanol–water partition coefficient (Wildman–Crippen LogP) is 2.61. The SMILES string of the molecule is O=C(c1ccc(F)cc1F)N1CCC2(CC1)c1nc[nH]c1CCN2C(=O)C1CC1. The van der Waals surface area contributed by atoms with E-state index < -0.39 is 23.1 Å². The van der Waals surface area contributed by atoms with Crippen LogP contribution in [0.5, 0.6) is 0 Å². The third-order valence-electron chi connectivity index (χ3n) is 6.49. The van der Waals surface area contributed by atoms with E-state index >= 15 is 0 Å². The zero-order valence-electron chi connectivity index (χ0n) is 16.0. The van der Waals surface area contributed by atoms with Crippen molar-refractivity contribution in [1.82, 2.24) is 19.8 Å². The van der Waals surface area contributed by atoms with Gasteiger partial charge in [0.2, 0.25) is 5.91 Å². The van der Waals surface area contributed by atoms with Gasteiger partial charge in [0.25, 0.3) is 5.91 Å². The van der Waals surface area contributed by atoms with Gasteiger partial charge in [0.1, 0.15) is 11.6 Å². The van der Waals surface area contributed by atoms with E-state index in [2.05, 4.69) is 9.97 Å². The molecule has 1 spiro atoms. The molecule has 0 atom stereocenters. The summed E-state index contributed by atoms with van der Waals surface area (Å²) < 4.78 is 27.2. The number of H-pyrrole nitrogens is 1. The van der Waals surface area contributed by atoms with Crippen molar-refractivity contribution < 1.29 is 18.4 Å². The van der Waals surface area contributed by atoms with Crippen LogP contribution in [0.1, 0.15) is 47.4 Å². The van der Waals surface area contributed by atoms with Crippen molar-refractivity contribution >= 4 is 11.8 Å². The predicted molar refractivity (Wildman–Crippen MR) is 99.9 cm³/mol. The molecule has 1 aromatic heterocycles. The number of likely N-dealkylation sites (tertiary alicyclic amines) is 1. The van der Waals surface area contributed by atoms with Gasteiger partial charge in [0, 0.05) is 43.7 Å². The molecule has 29 heavy (non-hydrogen) atoms. The summed E-state index contributed by atoms with van der Waals surface area (Å²) in [6.07, 6.45) is 5.40. The Bertz CT molecular complexity index is 977. The normalized spacial score (nSPS) is 20.6. The molecular formula is C21H22F2N4O2. The molecule has 1 aromatic carbocycles. The van der Waals surface area contributed by atoms with Crippen molar-refractivity contribution in [3.63, 3.8) is 0 Å². The number of nitrogens with zero attached hydrogens (tertiary/aromatic N) is 3. The minimum Gasteiger partial charge on any atom is -0.348 e. The Morgan fingerprint density at radius 3 is 2.59 bits per heavy atom. The zero-order valence-corrected chi connectivity index (χ0v) is 16.0. The Kier molecular flexibility index (Phi) is 4.18. The number of amides is 2. The van der Waals surface area contributed by atoms with Crippen LogP contribution >= 0.6 is 0 Å². The third kappa shape index (κ3) is 2.92. The number of rotatable bonds is 2. The number of halogens is 2. The molecule has 3 aliphatic rings. The minimum absolute atomic E-state index is 0.111. The number of aromatic amines is 1. The highest BCUT2D eigenvalue weighted by Crippen LogP contribution is 2.45. The maximum absolute atomic E-state index is 14.1. The lowest BCUT2D eigenvalue weighted by molar-refractivity contribution is -0.143. The van der Waals surface area contributed by atoms with Crippen LogP contribution in [0.15, 0.2) is 24.5 Å². The Morgan fingerprint density at radius 1 is 1.14 bits per heavy atom. The van der Waals surface area contributed by atoms with Gasteiger partial charge in [-0.3, -0.25) is 9.59 Å². The first kappa shape index (κ1) is 18.3. The first-order chi connectivity index (χ1) is 14.0. The van der Waals surface area contributed by atoms with Crippen LogP contribution in [-0.4, -0.2) is 51.2 Å². The molecule has 1 saturated heterocycles. The molecule has 6 nitrogen and oxygen atoms in total. The van der Waals surface area contributed by atoms with Crippen LogP contribution in [-0.2, 0) is 16.8 Å². The van der Waals surface area contributed by atoms with E-state index in [1.54, 1.807) is 11.2 Å². The summed E-state index contributed by atoms with van der Waals surface area (Å²) in [6, 6.07) is 3.01. The van der Waals surface area contributed by atoms with Gasteiger partial charge in [0.15, 0.2) is 0 Å².